The first-order valence-electron chi connectivity index (χ1n) is 8.22. The second-order valence-corrected chi connectivity index (χ2v) is 7.56. The molecule has 1 amide bonds. The number of carboxylic acid groups (broad SMARTS) is 1. The molecule has 6 nitrogen and oxygen atoms in total. The van der Waals surface area contributed by atoms with Crippen molar-refractivity contribution in [2.45, 2.75) is 45.4 Å². The van der Waals surface area contributed by atoms with E-state index in [1.54, 1.807) is 6.92 Å². The fourth-order valence-corrected chi connectivity index (χ4v) is 3.10. The van der Waals surface area contributed by atoms with Crippen LogP contribution >= 0.6 is 11.8 Å². The summed E-state index contributed by atoms with van der Waals surface area (Å²) in [6.45, 7) is 5.72. The van der Waals surface area contributed by atoms with E-state index in [2.05, 4.69) is 5.32 Å². The Balaban J connectivity index is 2.36. The zero-order chi connectivity index (χ0) is 18.9. The molecule has 0 heterocycles. The molecule has 0 radical (unpaired) electrons. The number of thioether (sulfide) groups is 1. The van der Waals surface area contributed by atoms with Crippen molar-refractivity contribution in [2.75, 3.05) is 11.5 Å². The summed E-state index contributed by atoms with van der Waals surface area (Å²) in [6, 6.07) is 8.15. The first-order valence-corrected chi connectivity index (χ1v) is 9.38. The minimum atomic E-state index is -1.10. The maximum absolute atomic E-state index is 11.8. The highest BCUT2D eigenvalue weighted by Gasteiger charge is 2.25. The molecule has 0 bridgehead atoms. The monoisotopic (exact) mass is 369 g/mol. The van der Waals surface area contributed by atoms with E-state index in [0.29, 0.717) is 11.5 Å². The Bertz CT molecular complexity index is 548. The van der Waals surface area contributed by atoms with E-state index < -0.39 is 23.7 Å². The quantitative estimate of drug-likeness (QED) is 0.549. The van der Waals surface area contributed by atoms with Crippen LogP contribution in [-0.2, 0) is 16.1 Å². The molecule has 0 aliphatic carbocycles. The summed E-state index contributed by atoms with van der Waals surface area (Å²) < 4.78 is 5.04. The lowest BCUT2D eigenvalue weighted by atomic mass is 9.95. The zero-order valence-corrected chi connectivity index (χ0v) is 15.7. The van der Waals surface area contributed by atoms with E-state index in [1.165, 1.54) is 11.8 Å². The number of carbonyl (C=O) groups is 2. The molecule has 0 aromatic heterocycles. The number of benzene rings is 1. The molecule has 140 valence electrons. The summed E-state index contributed by atoms with van der Waals surface area (Å²) in [5.41, 5.74) is 0.0295. The third-order valence-electron chi connectivity index (χ3n) is 3.99. The average Bonchev–Trinajstić information content (AvgIpc) is 2.56. The number of hydrogen-bond donors (Lipinski definition) is 3. The number of rotatable bonds is 10. The van der Waals surface area contributed by atoms with Crippen LogP contribution < -0.4 is 5.32 Å². The fraction of sp³-hybridized carbons (Fsp3) is 0.556. The molecular weight excluding hydrogens is 342 g/mol. The highest BCUT2D eigenvalue weighted by atomic mass is 32.2. The SMILES string of the molecule is CC(C)C(C)(O)CSCCC(NC(=O)OCc1ccccc1)C(=O)O. The van der Waals surface area contributed by atoms with Gasteiger partial charge in [0.05, 0.1) is 5.60 Å². The second kappa shape index (κ2) is 10.3. The van der Waals surface area contributed by atoms with E-state index in [9.17, 15) is 19.8 Å². The Morgan fingerprint density at radius 1 is 1.28 bits per heavy atom. The fourth-order valence-electron chi connectivity index (χ4n) is 1.81. The first kappa shape index (κ1) is 21.3. The topological polar surface area (TPSA) is 95.9 Å². The van der Waals surface area contributed by atoms with Crippen molar-refractivity contribution in [1.82, 2.24) is 5.32 Å². The standard InChI is InChI=1S/C18H27NO5S/c1-13(2)18(3,23)12-25-10-9-15(16(20)21)19-17(22)24-11-14-7-5-4-6-8-14/h4-8,13,15,23H,9-12H2,1-3H3,(H,19,22)(H,20,21). The lowest BCUT2D eigenvalue weighted by Crippen LogP contribution is -2.41. The number of aliphatic hydroxyl groups is 1. The molecule has 25 heavy (non-hydrogen) atoms. The van der Waals surface area contributed by atoms with Crippen molar-refractivity contribution in [2.24, 2.45) is 5.92 Å². The second-order valence-electron chi connectivity index (χ2n) is 6.45. The van der Waals surface area contributed by atoms with Gasteiger partial charge in [0.2, 0.25) is 0 Å². The summed E-state index contributed by atoms with van der Waals surface area (Å²) >= 11 is 1.47. The highest BCUT2D eigenvalue weighted by molar-refractivity contribution is 7.99. The van der Waals surface area contributed by atoms with Crippen molar-refractivity contribution in [3.8, 4) is 0 Å². The van der Waals surface area contributed by atoms with Crippen LogP contribution in [-0.4, -0.2) is 45.4 Å². The van der Waals surface area contributed by atoms with Crippen LogP contribution in [0.1, 0.15) is 32.8 Å². The van der Waals surface area contributed by atoms with Crippen LogP contribution in [0.3, 0.4) is 0 Å². The smallest absolute Gasteiger partial charge is 0.408 e. The van der Waals surface area contributed by atoms with Crippen molar-refractivity contribution in [1.29, 1.82) is 0 Å². The zero-order valence-electron chi connectivity index (χ0n) is 14.9. The molecule has 0 saturated heterocycles. The molecule has 7 heteroatoms. The van der Waals surface area contributed by atoms with Crippen LogP contribution in [0.25, 0.3) is 0 Å². The number of alkyl carbamates (subject to hydrolysis) is 1. The van der Waals surface area contributed by atoms with Gasteiger partial charge in [-0.2, -0.15) is 11.8 Å². The number of aliphatic carboxylic acids is 1. The molecule has 1 aromatic carbocycles. The number of carbonyl (C=O) groups excluding carboxylic acids is 1. The van der Waals surface area contributed by atoms with Crippen LogP contribution in [0.4, 0.5) is 4.79 Å². The van der Waals surface area contributed by atoms with Crippen LogP contribution in [0.15, 0.2) is 30.3 Å². The summed E-state index contributed by atoms with van der Waals surface area (Å²) in [7, 11) is 0. The molecule has 0 aliphatic heterocycles. The Morgan fingerprint density at radius 3 is 2.48 bits per heavy atom. The van der Waals surface area contributed by atoms with Gasteiger partial charge in [-0.05, 0) is 30.6 Å². The van der Waals surface area contributed by atoms with Gasteiger partial charge in [0.1, 0.15) is 12.6 Å². The van der Waals surface area contributed by atoms with Gasteiger partial charge in [0, 0.05) is 5.75 Å². The highest BCUT2D eigenvalue weighted by Crippen LogP contribution is 2.22. The number of carboxylic acids is 1. The molecule has 2 atom stereocenters. The van der Waals surface area contributed by atoms with Crippen molar-refractivity contribution >= 4 is 23.8 Å². The Morgan fingerprint density at radius 2 is 1.92 bits per heavy atom. The van der Waals surface area contributed by atoms with Gasteiger partial charge in [0.25, 0.3) is 0 Å². The van der Waals surface area contributed by atoms with Gasteiger partial charge in [-0.15, -0.1) is 0 Å². The predicted octanol–water partition coefficient (Wildman–Crippen LogP) is 2.90. The Labute approximate surface area is 153 Å². The maximum atomic E-state index is 11.8. The number of amides is 1. The summed E-state index contributed by atoms with van der Waals surface area (Å²) in [4.78, 5) is 23.0. The van der Waals surface area contributed by atoms with E-state index in [4.69, 9.17) is 4.74 Å². The van der Waals surface area contributed by atoms with Gasteiger partial charge in [0.15, 0.2) is 0 Å². The first-order chi connectivity index (χ1) is 11.7. The van der Waals surface area contributed by atoms with Gasteiger partial charge in [-0.25, -0.2) is 9.59 Å². The normalized spacial score (nSPS) is 14.6. The lowest BCUT2D eigenvalue weighted by Gasteiger charge is -2.27. The van der Waals surface area contributed by atoms with Gasteiger partial charge >= 0.3 is 12.1 Å². The van der Waals surface area contributed by atoms with Crippen LogP contribution in [0, 0.1) is 5.92 Å². The molecule has 0 saturated carbocycles. The van der Waals surface area contributed by atoms with Gasteiger partial charge in [-0.1, -0.05) is 44.2 Å². The minimum Gasteiger partial charge on any atom is -0.480 e. The minimum absolute atomic E-state index is 0.0883. The van der Waals surface area contributed by atoms with Crippen molar-refractivity contribution in [3.05, 3.63) is 35.9 Å². The predicted molar refractivity (Wildman–Crippen MR) is 98.6 cm³/mol. The average molecular weight is 369 g/mol. The summed E-state index contributed by atoms with van der Waals surface area (Å²) in [5, 5.41) is 21.8. The Kier molecular flexibility index (Phi) is 8.78. The molecule has 3 N–H and O–H groups in total. The van der Waals surface area contributed by atoms with Gasteiger partial charge < -0.3 is 20.3 Å². The molecule has 1 rings (SSSR count). The number of ether oxygens (including phenoxy) is 1. The van der Waals surface area contributed by atoms with E-state index >= 15 is 0 Å². The van der Waals surface area contributed by atoms with E-state index in [0.717, 1.165) is 5.56 Å². The summed E-state index contributed by atoms with van der Waals surface area (Å²) in [5.74, 6) is 0.0306. The van der Waals surface area contributed by atoms with E-state index in [1.807, 2.05) is 44.2 Å². The molecule has 0 spiro atoms. The summed E-state index contributed by atoms with van der Waals surface area (Å²) in [6.07, 6.45) is -0.496. The van der Waals surface area contributed by atoms with Crippen LogP contribution in [0.2, 0.25) is 0 Å². The third kappa shape index (κ3) is 8.27. The third-order valence-corrected chi connectivity index (χ3v) is 5.30. The van der Waals surface area contributed by atoms with E-state index in [-0.39, 0.29) is 18.9 Å². The molecule has 2 unspecified atom stereocenters. The van der Waals surface area contributed by atoms with Crippen molar-refractivity contribution in [3.63, 3.8) is 0 Å². The molecular formula is C18H27NO5S. The number of hydrogen-bond acceptors (Lipinski definition) is 5. The van der Waals surface area contributed by atoms with Crippen LogP contribution in [0.5, 0.6) is 0 Å². The largest absolute Gasteiger partial charge is 0.480 e. The lowest BCUT2D eigenvalue weighted by molar-refractivity contribution is -0.139. The maximum Gasteiger partial charge on any atom is 0.408 e. The Hall–Kier alpha value is -1.73. The van der Waals surface area contributed by atoms with Crippen molar-refractivity contribution < 1.29 is 24.5 Å². The molecule has 0 fully saturated rings. The van der Waals surface area contributed by atoms with Gasteiger partial charge in [-0.3, -0.25) is 0 Å². The molecule has 1 aromatic rings. The molecule has 0 aliphatic rings. The number of nitrogens with one attached hydrogen (secondary N) is 1.